The maximum atomic E-state index is 12.1. The molecule has 1 N–H and O–H groups in total. The monoisotopic (exact) mass is 274 g/mol. The summed E-state index contributed by atoms with van der Waals surface area (Å²) in [5, 5.41) is 2.89. The van der Waals surface area contributed by atoms with Crippen molar-refractivity contribution in [1.29, 1.82) is 0 Å². The van der Waals surface area contributed by atoms with Crippen LogP contribution >= 0.6 is 0 Å². The van der Waals surface area contributed by atoms with Gasteiger partial charge >= 0.3 is 0 Å². The SMILES string of the molecule is CCc1nc2cc(NC(=O)[C@H]3OCC[C@H]3C)ccc2o1. The first kappa shape index (κ1) is 13.1. The first-order valence-corrected chi connectivity index (χ1v) is 6.99. The number of hydrogen-bond acceptors (Lipinski definition) is 4. The number of oxazole rings is 1. The molecule has 1 aromatic heterocycles. The van der Waals surface area contributed by atoms with Crippen LogP contribution in [0.15, 0.2) is 22.6 Å². The molecule has 0 unspecified atom stereocenters. The van der Waals surface area contributed by atoms with Crippen LogP contribution in [0.4, 0.5) is 5.69 Å². The van der Waals surface area contributed by atoms with E-state index in [0.29, 0.717) is 12.5 Å². The molecule has 20 heavy (non-hydrogen) atoms. The van der Waals surface area contributed by atoms with E-state index in [4.69, 9.17) is 9.15 Å². The Morgan fingerprint density at radius 2 is 2.35 bits per heavy atom. The molecule has 1 saturated heterocycles. The van der Waals surface area contributed by atoms with Gasteiger partial charge < -0.3 is 14.5 Å². The van der Waals surface area contributed by atoms with E-state index in [0.717, 1.165) is 29.6 Å². The van der Waals surface area contributed by atoms with Crippen molar-refractivity contribution in [2.75, 3.05) is 11.9 Å². The molecule has 1 aliphatic rings. The summed E-state index contributed by atoms with van der Waals surface area (Å²) in [5.41, 5.74) is 2.23. The lowest BCUT2D eigenvalue weighted by Crippen LogP contribution is -2.31. The van der Waals surface area contributed by atoms with Gasteiger partial charge in [-0.2, -0.15) is 0 Å². The fraction of sp³-hybridized carbons (Fsp3) is 0.467. The molecule has 1 fully saturated rings. The highest BCUT2D eigenvalue weighted by Gasteiger charge is 2.30. The van der Waals surface area contributed by atoms with Crippen LogP contribution in [-0.2, 0) is 16.0 Å². The lowest BCUT2D eigenvalue weighted by molar-refractivity contribution is -0.126. The van der Waals surface area contributed by atoms with E-state index >= 15 is 0 Å². The van der Waals surface area contributed by atoms with Crippen LogP contribution in [-0.4, -0.2) is 23.6 Å². The van der Waals surface area contributed by atoms with Crippen molar-refractivity contribution in [2.24, 2.45) is 5.92 Å². The Balaban J connectivity index is 1.78. The zero-order chi connectivity index (χ0) is 14.1. The lowest BCUT2D eigenvalue weighted by Gasteiger charge is -2.14. The zero-order valence-electron chi connectivity index (χ0n) is 11.7. The molecule has 0 aliphatic carbocycles. The Labute approximate surface area is 117 Å². The number of fused-ring (bicyclic) bond motifs is 1. The minimum Gasteiger partial charge on any atom is -0.441 e. The Hall–Kier alpha value is -1.88. The van der Waals surface area contributed by atoms with E-state index < -0.39 is 0 Å². The normalized spacial score (nSPS) is 22.3. The van der Waals surface area contributed by atoms with Crippen molar-refractivity contribution in [1.82, 2.24) is 4.98 Å². The van der Waals surface area contributed by atoms with E-state index in [2.05, 4.69) is 10.3 Å². The summed E-state index contributed by atoms with van der Waals surface area (Å²) < 4.78 is 11.0. The molecular weight excluding hydrogens is 256 g/mol. The second-order valence-electron chi connectivity index (χ2n) is 5.19. The van der Waals surface area contributed by atoms with Gasteiger partial charge in [0.15, 0.2) is 11.5 Å². The van der Waals surface area contributed by atoms with Crippen molar-refractivity contribution in [3.8, 4) is 0 Å². The summed E-state index contributed by atoms with van der Waals surface area (Å²) in [4.78, 5) is 16.5. The number of aryl methyl sites for hydroxylation is 1. The van der Waals surface area contributed by atoms with Gasteiger partial charge in [0, 0.05) is 18.7 Å². The van der Waals surface area contributed by atoms with Crippen molar-refractivity contribution in [3.05, 3.63) is 24.1 Å². The largest absolute Gasteiger partial charge is 0.441 e. The van der Waals surface area contributed by atoms with Gasteiger partial charge in [0.1, 0.15) is 11.6 Å². The van der Waals surface area contributed by atoms with E-state index in [-0.39, 0.29) is 17.9 Å². The van der Waals surface area contributed by atoms with Crippen LogP contribution in [0.3, 0.4) is 0 Å². The topological polar surface area (TPSA) is 64.4 Å². The standard InChI is InChI=1S/C15H18N2O3/c1-3-13-17-11-8-10(4-5-12(11)20-13)16-15(18)14-9(2)6-7-19-14/h4-5,8-9,14H,3,6-7H2,1-2H3,(H,16,18)/t9-,14+/m1/s1. The van der Waals surface area contributed by atoms with Gasteiger partial charge in [0.25, 0.3) is 5.91 Å². The predicted molar refractivity (Wildman–Crippen MR) is 75.5 cm³/mol. The number of aromatic nitrogens is 1. The maximum absolute atomic E-state index is 12.1. The molecule has 2 atom stereocenters. The number of carbonyl (C=O) groups is 1. The fourth-order valence-electron chi connectivity index (χ4n) is 2.45. The van der Waals surface area contributed by atoms with Gasteiger partial charge in [-0.1, -0.05) is 13.8 Å². The third-order valence-electron chi connectivity index (χ3n) is 3.65. The second-order valence-corrected chi connectivity index (χ2v) is 5.19. The van der Waals surface area contributed by atoms with Crippen LogP contribution in [0, 0.1) is 5.92 Å². The van der Waals surface area contributed by atoms with E-state index in [1.807, 2.05) is 32.0 Å². The van der Waals surface area contributed by atoms with Gasteiger partial charge in [-0.05, 0) is 30.5 Å². The van der Waals surface area contributed by atoms with Crippen LogP contribution in [0.25, 0.3) is 11.1 Å². The average Bonchev–Trinajstić information content (AvgIpc) is 3.03. The number of carbonyl (C=O) groups excluding carboxylic acids is 1. The quantitative estimate of drug-likeness (QED) is 0.934. The van der Waals surface area contributed by atoms with Gasteiger partial charge in [-0.15, -0.1) is 0 Å². The molecule has 0 radical (unpaired) electrons. The second kappa shape index (κ2) is 5.25. The average molecular weight is 274 g/mol. The molecule has 0 saturated carbocycles. The van der Waals surface area contributed by atoms with E-state index in [9.17, 15) is 4.79 Å². The number of nitrogens with one attached hydrogen (secondary N) is 1. The number of anilines is 1. The van der Waals surface area contributed by atoms with Gasteiger partial charge in [-0.25, -0.2) is 4.98 Å². The van der Waals surface area contributed by atoms with Crippen molar-refractivity contribution >= 4 is 22.7 Å². The number of hydrogen-bond donors (Lipinski definition) is 1. The molecule has 1 aliphatic heterocycles. The Kier molecular flexibility index (Phi) is 3.44. The summed E-state index contributed by atoms with van der Waals surface area (Å²) >= 11 is 0. The zero-order valence-corrected chi connectivity index (χ0v) is 11.7. The van der Waals surface area contributed by atoms with E-state index in [1.165, 1.54) is 0 Å². The highest BCUT2D eigenvalue weighted by Crippen LogP contribution is 2.23. The van der Waals surface area contributed by atoms with Crippen LogP contribution in [0.2, 0.25) is 0 Å². The summed E-state index contributed by atoms with van der Waals surface area (Å²) in [6, 6.07) is 5.48. The van der Waals surface area contributed by atoms with Crippen LogP contribution < -0.4 is 5.32 Å². The first-order valence-electron chi connectivity index (χ1n) is 6.99. The van der Waals surface area contributed by atoms with Crippen molar-refractivity contribution in [3.63, 3.8) is 0 Å². The Morgan fingerprint density at radius 1 is 1.50 bits per heavy atom. The minimum absolute atomic E-state index is 0.0893. The van der Waals surface area contributed by atoms with Gasteiger partial charge in [0.2, 0.25) is 0 Å². The molecule has 0 bridgehead atoms. The summed E-state index contributed by atoms with van der Waals surface area (Å²) in [6.07, 6.45) is 1.33. The number of rotatable bonds is 3. The van der Waals surface area contributed by atoms with E-state index in [1.54, 1.807) is 0 Å². The number of amides is 1. The summed E-state index contributed by atoms with van der Waals surface area (Å²) in [7, 11) is 0. The molecular formula is C15H18N2O3. The molecule has 2 heterocycles. The number of benzene rings is 1. The molecule has 106 valence electrons. The smallest absolute Gasteiger partial charge is 0.253 e. The highest BCUT2D eigenvalue weighted by molar-refractivity contribution is 5.96. The predicted octanol–water partition coefficient (Wildman–Crippen LogP) is 2.75. The molecule has 3 rings (SSSR count). The summed E-state index contributed by atoms with van der Waals surface area (Å²) in [6.45, 7) is 4.68. The molecule has 2 aromatic rings. The van der Waals surface area contributed by atoms with Crippen molar-refractivity contribution < 1.29 is 13.9 Å². The van der Waals surface area contributed by atoms with Gasteiger partial charge in [0.05, 0.1) is 0 Å². The molecule has 5 heteroatoms. The first-order chi connectivity index (χ1) is 9.67. The summed E-state index contributed by atoms with van der Waals surface area (Å²) in [5.74, 6) is 0.877. The highest BCUT2D eigenvalue weighted by atomic mass is 16.5. The molecule has 5 nitrogen and oxygen atoms in total. The maximum Gasteiger partial charge on any atom is 0.253 e. The molecule has 1 amide bonds. The van der Waals surface area contributed by atoms with Crippen LogP contribution in [0.1, 0.15) is 26.2 Å². The van der Waals surface area contributed by atoms with Gasteiger partial charge in [-0.3, -0.25) is 4.79 Å². The fourth-order valence-corrected chi connectivity index (χ4v) is 2.45. The van der Waals surface area contributed by atoms with Crippen molar-refractivity contribution in [2.45, 2.75) is 32.8 Å². The number of nitrogens with zero attached hydrogens (tertiary/aromatic N) is 1. The Morgan fingerprint density at radius 3 is 3.05 bits per heavy atom. The lowest BCUT2D eigenvalue weighted by atomic mass is 10.0. The minimum atomic E-state index is -0.353. The molecule has 0 spiro atoms. The number of ether oxygens (including phenoxy) is 1. The third-order valence-corrected chi connectivity index (χ3v) is 3.65. The third kappa shape index (κ3) is 2.41. The Bertz CT molecular complexity index is 635. The van der Waals surface area contributed by atoms with Crippen LogP contribution in [0.5, 0.6) is 0 Å². The molecule has 1 aromatic carbocycles.